The maximum absolute atomic E-state index is 9.30. The number of aliphatic hydroxyl groups excluding tert-OH is 1. The van der Waals surface area contributed by atoms with Crippen molar-refractivity contribution in [3.63, 3.8) is 0 Å². The highest BCUT2D eigenvalue weighted by Crippen LogP contribution is 2.23. The Hall–Kier alpha value is -0.610. The second-order valence-corrected chi connectivity index (χ2v) is 4.00. The Balaban J connectivity index is 2.11. The van der Waals surface area contributed by atoms with Crippen LogP contribution in [0.3, 0.4) is 0 Å². The van der Waals surface area contributed by atoms with Gasteiger partial charge < -0.3 is 10.0 Å². The summed E-state index contributed by atoms with van der Waals surface area (Å²) >= 11 is 1.65. The molecule has 1 unspecified atom stereocenters. The lowest BCUT2D eigenvalue weighted by molar-refractivity contribution is 0.198. The molecule has 3 nitrogen and oxygen atoms in total. The third-order valence-electron chi connectivity index (χ3n) is 2.04. The third-order valence-corrected chi connectivity index (χ3v) is 3.06. The van der Waals surface area contributed by atoms with Crippen molar-refractivity contribution >= 4 is 16.5 Å². The number of aromatic nitrogens is 1. The summed E-state index contributed by atoms with van der Waals surface area (Å²) < 4.78 is 0. The van der Waals surface area contributed by atoms with Gasteiger partial charge in [-0.05, 0) is 13.3 Å². The second kappa shape index (κ2) is 3.03. The second-order valence-electron chi connectivity index (χ2n) is 3.16. The minimum atomic E-state index is -0.158. The van der Waals surface area contributed by atoms with Crippen molar-refractivity contribution < 1.29 is 5.11 Å². The van der Waals surface area contributed by atoms with Crippen LogP contribution in [0.4, 0.5) is 5.13 Å². The topological polar surface area (TPSA) is 36.4 Å². The van der Waals surface area contributed by atoms with Crippen LogP contribution in [0.2, 0.25) is 0 Å². The molecule has 1 aliphatic rings. The Morgan fingerprint density at radius 1 is 1.75 bits per heavy atom. The fraction of sp³-hybridized carbons (Fsp3) is 0.625. The molecule has 1 N–H and O–H groups in total. The smallest absolute Gasteiger partial charge is 0.185 e. The van der Waals surface area contributed by atoms with Gasteiger partial charge in [-0.25, -0.2) is 4.98 Å². The number of aliphatic hydroxyl groups is 1. The molecule has 12 heavy (non-hydrogen) atoms. The number of nitrogens with zero attached hydrogens (tertiary/aromatic N) is 2. The van der Waals surface area contributed by atoms with Crippen LogP contribution >= 0.6 is 11.3 Å². The van der Waals surface area contributed by atoms with Crippen LogP contribution in [-0.4, -0.2) is 29.3 Å². The summed E-state index contributed by atoms with van der Waals surface area (Å²) in [5.41, 5.74) is 1.07. The van der Waals surface area contributed by atoms with Crippen molar-refractivity contribution in [3.05, 3.63) is 11.1 Å². The number of anilines is 1. The number of aryl methyl sites for hydroxylation is 1. The highest BCUT2D eigenvalue weighted by molar-refractivity contribution is 7.13. The Bertz CT molecular complexity index is 274. The minimum absolute atomic E-state index is 0.158. The molecule has 4 heteroatoms. The van der Waals surface area contributed by atoms with E-state index >= 15 is 0 Å². The average molecular weight is 184 g/mol. The molecule has 0 bridgehead atoms. The van der Waals surface area contributed by atoms with Gasteiger partial charge in [-0.15, -0.1) is 11.3 Å². The van der Waals surface area contributed by atoms with Crippen LogP contribution in [-0.2, 0) is 0 Å². The Morgan fingerprint density at radius 3 is 3.08 bits per heavy atom. The lowest BCUT2D eigenvalue weighted by Gasteiger charge is -2.12. The van der Waals surface area contributed by atoms with E-state index in [0.717, 1.165) is 30.3 Å². The molecule has 0 aromatic carbocycles. The average Bonchev–Trinajstić information content (AvgIpc) is 2.58. The van der Waals surface area contributed by atoms with Gasteiger partial charge in [0.15, 0.2) is 5.13 Å². The molecule has 1 saturated heterocycles. The molecule has 66 valence electrons. The predicted octanol–water partition coefficient (Wildman–Crippen LogP) is 1.02. The fourth-order valence-electron chi connectivity index (χ4n) is 1.40. The molecule has 1 aromatic heterocycles. The van der Waals surface area contributed by atoms with Crippen LogP contribution in [0.25, 0.3) is 0 Å². The zero-order chi connectivity index (χ0) is 8.55. The molecular weight excluding hydrogens is 172 g/mol. The Kier molecular flexibility index (Phi) is 2.02. The predicted molar refractivity (Wildman–Crippen MR) is 49.7 cm³/mol. The molecule has 1 aliphatic heterocycles. The first-order valence-electron chi connectivity index (χ1n) is 4.11. The van der Waals surface area contributed by atoms with Crippen LogP contribution in [0.5, 0.6) is 0 Å². The van der Waals surface area contributed by atoms with Crippen molar-refractivity contribution in [2.45, 2.75) is 19.4 Å². The minimum Gasteiger partial charge on any atom is -0.391 e. The quantitative estimate of drug-likeness (QED) is 0.708. The molecule has 1 atom stereocenters. The van der Waals surface area contributed by atoms with Gasteiger partial charge in [-0.2, -0.15) is 0 Å². The summed E-state index contributed by atoms with van der Waals surface area (Å²) in [6, 6.07) is 0. The number of rotatable bonds is 1. The molecule has 0 aliphatic carbocycles. The normalized spacial score (nSPS) is 23.5. The third kappa shape index (κ3) is 1.44. The van der Waals surface area contributed by atoms with Crippen molar-refractivity contribution in [2.24, 2.45) is 0 Å². The van der Waals surface area contributed by atoms with Gasteiger partial charge in [-0.1, -0.05) is 0 Å². The fourth-order valence-corrected chi connectivity index (χ4v) is 2.24. The van der Waals surface area contributed by atoms with Gasteiger partial charge in [0.05, 0.1) is 11.8 Å². The van der Waals surface area contributed by atoms with Gasteiger partial charge in [-0.3, -0.25) is 0 Å². The summed E-state index contributed by atoms with van der Waals surface area (Å²) in [5.74, 6) is 0. The van der Waals surface area contributed by atoms with Crippen LogP contribution in [0.15, 0.2) is 5.38 Å². The van der Waals surface area contributed by atoms with E-state index in [1.54, 1.807) is 11.3 Å². The molecule has 0 saturated carbocycles. The zero-order valence-corrected chi connectivity index (χ0v) is 7.84. The first-order valence-corrected chi connectivity index (χ1v) is 4.99. The molecule has 2 heterocycles. The summed E-state index contributed by atoms with van der Waals surface area (Å²) in [6.07, 6.45) is 0.715. The van der Waals surface area contributed by atoms with Crippen LogP contribution < -0.4 is 4.90 Å². The largest absolute Gasteiger partial charge is 0.391 e. The molecule has 1 aromatic rings. The van der Waals surface area contributed by atoms with E-state index in [1.807, 2.05) is 12.3 Å². The number of hydrogen-bond acceptors (Lipinski definition) is 4. The van der Waals surface area contributed by atoms with E-state index in [-0.39, 0.29) is 6.10 Å². The maximum Gasteiger partial charge on any atom is 0.185 e. The van der Waals surface area contributed by atoms with Crippen LogP contribution in [0, 0.1) is 6.92 Å². The van der Waals surface area contributed by atoms with Crippen LogP contribution in [0.1, 0.15) is 12.1 Å². The number of hydrogen-bond donors (Lipinski definition) is 1. The molecule has 0 radical (unpaired) electrons. The highest BCUT2D eigenvalue weighted by Gasteiger charge is 2.21. The molecule has 1 fully saturated rings. The van der Waals surface area contributed by atoms with Gasteiger partial charge in [0.25, 0.3) is 0 Å². The summed E-state index contributed by atoms with van der Waals surface area (Å²) in [4.78, 5) is 6.50. The summed E-state index contributed by atoms with van der Waals surface area (Å²) in [6.45, 7) is 3.67. The van der Waals surface area contributed by atoms with Crippen molar-refractivity contribution in [3.8, 4) is 0 Å². The maximum atomic E-state index is 9.30. The van der Waals surface area contributed by atoms with Crippen molar-refractivity contribution in [2.75, 3.05) is 18.0 Å². The zero-order valence-electron chi connectivity index (χ0n) is 7.03. The van der Waals surface area contributed by atoms with Gasteiger partial charge >= 0.3 is 0 Å². The van der Waals surface area contributed by atoms with E-state index in [4.69, 9.17) is 0 Å². The highest BCUT2D eigenvalue weighted by atomic mass is 32.1. The Labute approximate surface area is 75.7 Å². The molecule has 0 amide bonds. The first kappa shape index (κ1) is 8.01. The van der Waals surface area contributed by atoms with Gasteiger partial charge in [0.1, 0.15) is 0 Å². The number of thiazole rings is 1. The first-order chi connectivity index (χ1) is 5.75. The van der Waals surface area contributed by atoms with E-state index < -0.39 is 0 Å². The van der Waals surface area contributed by atoms with Crippen molar-refractivity contribution in [1.29, 1.82) is 0 Å². The monoisotopic (exact) mass is 184 g/mol. The van der Waals surface area contributed by atoms with E-state index in [2.05, 4.69) is 9.88 Å². The van der Waals surface area contributed by atoms with E-state index in [0.29, 0.717) is 0 Å². The van der Waals surface area contributed by atoms with Gasteiger partial charge in [0, 0.05) is 18.5 Å². The molecule has 0 spiro atoms. The Morgan fingerprint density at radius 2 is 2.58 bits per heavy atom. The lowest BCUT2D eigenvalue weighted by atomic mass is 10.3. The van der Waals surface area contributed by atoms with E-state index in [9.17, 15) is 5.11 Å². The van der Waals surface area contributed by atoms with Gasteiger partial charge in [0.2, 0.25) is 0 Å². The van der Waals surface area contributed by atoms with E-state index in [1.165, 1.54) is 0 Å². The summed E-state index contributed by atoms with van der Waals surface area (Å²) in [5, 5.41) is 12.4. The van der Waals surface area contributed by atoms with Crippen molar-refractivity contribution in [1.82, 2.24) is 4.98 Å². The summed E-state index contributed by atoms with van der Waals surface area (Å²) in [7, 11) is 0. The number of β-amino-alcohol motifs (C(OH)–C–C–N with tert-alkyl or cyclic N) is 1. The molecular formula is C8H12N2OS. The molecule has 2 rings (SSSR count). The lowest BCUT2D eigenvalue weighted by Crippen LogP contribution is -2.20. The SMILES string of the molecule is Cc1csc(N2CCC(O)C2)n1. The standard InChI is InChI=1S/C8H12N2OS/c1-6-5-12-8(9-6)10-3-2-7(11)4-10/h5,7,11H,2-4H2,1H3.